The van der Waals surface area contributed by atoms with Gasteiger partial charge in [-0.1, -0.05) is 31.5 Å². The molecule has 3 rings (SSSR count). The lowest BCUT2D eigenvalue weighted by Crippen LogP contribution is -2.13. The summed E-state index contributed by atoms with van der Waals surface area (Å²) in [5.74, 6) is 0.0484. The fourth-order valence-electron chi connectivity index (χ4n) is 2.33. The molecule has 0 aliphatic carbocycles. The van der Waals surface area contributed by atoms with Gasteiger partial charge in [0.2, 0.25) is 0 Å². The first-order valence-electron chi connectivity index (χ1n) is 6.87. The Morgan fingerprint density at radius 1 is 1.36 bits per heavy atom. The number of hydrogen-bond acceptors (Lipinski definition) is 3. The number of nitrogens with one attached hydrogen (secondary N) is 2. The molecule has 114 valence electrons. The predicted octanol–water partition coefficient (Wildman–Crippen LogP) is 3.15. The molecule has 3 aromatic rings. The lowest BCUT2D eigenvalue weighted by molar-refractivity contribution is 0.612. The van der Waals surface area contributed by atoms with E-state index in [-0.39, 0.29) is 17.9 Å². The maximum Gasteiger partial charge on any atom is 0.276 e. The third-order valence-corrected chi connectivity index (χ3v) is 3.81. The third-order valence-electron chi connectivity index (χ3n) is 3.45. The van der Waals surface area contributed by atoms with E-state index in [1.807, 2.05) is 13.8 Å². The maximum absolute atomic E-state index is 13.9. The molecule has 0 saturated carbocycles. The van der Waals surface area contributed by atoms with Crippen molar-refractivity contribution in [2.75, 3.05) is 0 Å². The van der Waals surface area contributed by atoms with E-state index in [0.29, 0.717) is 33.1 Å². The Balaban J connectivity index is 2.12. The summed E-state index contributed by atoms with van der Waals surface area (Å²) in [6.07, 6.45) is 0.111. The Morgan fingerprint density at radius 3 is 2.82 bits per heavy atom. The van der Waals surface area contributed by atoms with E-state index in [9.17, 15) is 9.18 Å². The summed E-state index contributed by atoms with van der Waals surface area (Å²) < 4.78 is 13.9. The van der Waals surface area contributed by atoms with Gasteiger partial charge in [0.25, 0.3) is 5.56 Å². The molecule has 0 amide bonds. The Hall–Kier alpha value is -2.21. The molecule has 0 radical (unpaired) electrons. The van der Waals surface area contributed by atoms with E-state index in [2.05, 4.69) is 20.2 Å². The van der Waals surface area contributed by atoms with E-state index in [4.69, 9.17) is 11.6 Å². The van der Waals surface area contributed by atoms with Gasteiger partial charge in [0.1, 0.15) is 22.7 Å². The van der Waals surface area contributed by atoms with Gasteiger partial charge in [-0.15, -0.1) is 0 Å². The molecule has 0 saturated heterocycles. The van der Waals surface area contributed by atoms with Crippen LogP contribution in [0.4, 0.5) is 4.39 Å². The highest BCUT2D eigenvalue weighted by atomic mass is 35.5. The number of rotatable bonds is 3. The highest BCUT2D eigenvalue weighted by molar-refractivity contribution is 6.31. The van der Waals surface area contributed by atoms with E-state index in [1.165, 1.54) is 12.1 Å². The van der Waals surface area contributed by atoms with E-state index in [1.54, 1.807) is 6.07 Å². The van der Waals surface area contributed by atoms with E-state index < -0.39 is 5.82 Å². The van der Waals surface area contributed by atoms with Crippen molar-refractivity contribution in [1.29, 1.82) is 0 Å². The molecule has 2 N–H and O–H groups in total. The summed E-state index contributed by atoms with van der Waals surface area (Å²) in [4.78, 5) is 19.2. The Morgan fingerprint density at radius 2 is 2.14 bits per heavy atom. The number of hydrogen-bond donors (Lipinski definition) is 2. The zero-order valence-corrected chi connectivity index (χ0v) is 12.8. The lowest BCUT2D eigenvalue weighted by atomic mass is 10.1. The summed E-state index contributed by atoms with van der Waals surface area (Å²) in [6.45, 7) is 3.93. The fourth-order valence-corrected chi connectivity index (χ4v) is 2.56. The maximum atomic E-state index is 13.9. The number of H-pyrrole nitrogens is 2. The van der Waals surface area contributed by atoms with Crippen LogP contribution in [0.15, 0.2) is 23.0 Å². The van der Waals surface area contributed by atoms with Gasteiger partial charge in [-0.2, -0.15) is 5.10 Å². The SMILES string of the molecule is CC(C)c1n[nH]c2c(=O)[nH]c(Cc3c(F)cccc3Cl)nc12. The minimum Gasteiger partial charge on any atom is -0.308 e. The van der Waals surface area contributed by atoms with Crippen molar-refractivity contribution < 1.29 is 4.39 Å². The van der Waals surface area contributed by atoms with Crippen molar-refractivity contribution in [2.45, 2.75) is 26.2 Å². The van der Waals surface area contributed by atoms with E-state index in [0.717, 1.165) is 0 Å². The zero-order valence-electron chi connectivity index (χ0n) is 12.1. The molecule has 2 aromatic heterocycles. The molecular weight excluding hydrogens is 307 g/mol. The first kappa shape index (κ1) is 14.7. The van der Waals surface area contributed by atoms with Crippen LogP contribution in [-0.2, 0) is 6.42 Å². The highest BCUT2D eigenvalue weighted by Crippen LogP contribution is 2.22. The van der Waals surface area contributed by atoms with Crippen LogP contribution in [0.2, 0.25) is 5.02 Å². The van der Waals surface area contributed by atoms with Gasteiger partial charge >= 0.3 is 0 Å². The van der Waals surface area contributed by atoms with Gasteiger partial charge in [0, 0.05) is 17.0 Å². The van der Waals surface area contributed by atoms with Crippen LogP contribution in [0.5, 0.6) is 0 Å². The Bertz CT molecular complexity index is 880. The summed E-state index contributed by atoms with van der Waals surface area (Å²) in [5, 5.41) is 7.13. The largest absolute Gasteiger partial charge is 0.308 e. The minimum atomic E-state index is -0.425. The second-order valence-corrected chi connectivity index (χ2v) is 5.78. The molecule has 0 spiro atoms. The molecule has 22 heavy (non-hydrogen) atoms. The molecule has 5 nitrogen and oxygen atoms in total. The zero-order chi connectivity index (χ0) is 15.9. The van der Waals surface area contributed by atoms with Crippen LogP contribution < -0.4 is 5.56 Å². The number of aromatic nitrogens is 4. The van der Waals surface area contributed by atoms with Gasteiger partial charge in [-0.3, -0.25) is 9.89 Å². The van der Waals surface area contributed by atoms with Crippen molar-refractivity contribution in [3.05, 3.63) is 56.5 Å². The molecule has 0 fully saturated rings. The molecular formula is C15H14ClFN4O. The molecule has 0 atom stereocenters. The molecule has 0 unspecified atom stereocenters. The highest BCUT2D eigenvalue weighted by Gasteiger charge is 2.16. The average Bonchev–Trinajstić information content (AvgIpc) is 2.87. The number of fused-ring (bicyclic) bond motifs is 1. The summed E-state index contributed by atoms with van der Waals surface area (Å²) >= 11 is 6.02. The predicted molar refractivity (Wildman–Crippen MR) is 82.8 cm³/mol. The Labute approximate surface area is 130 Å². The van der Waals surface area contributed by atoms with Crippen LogP contribution in [0, 0.1) is 5.82 Å². The van der Waals surface area contributed by atoms with Gasteiger partial charge in [-0.05, 0) is 18.1 Å². The second-order valence-electron chi connectivity index (χ2n) is 5.38. The van der Waals surface area contributed by atoms with Crippen LogP contribution in [0.25, 0.3) is 11.0 Å². The molecule has 7 heteroatoms. The third kappa shape index (κ3) is 2.50. The summed E-state index contributed by atoms with van der Waals surface area (Å²) in [7, 11) is 0. The number of benzene rings is 1. The van der Waals surface area contributed by atoms with Gasteiger partial charge in [0.15, 0.2) is 0 Å². The van der Waals surface area contributed by atoms with Crippen LogP contribution in [0.1, 0.15) is 36.8 Å². The van der Waals surface area contributed by atoms with Crippen molar-refractivity contribution in [1.82, 2.24) is 20.2 Å². The van der Waals surface area contributed by atoms with Crippen LogP contribution in [-0.4, -0.2) is 20.2 Å². The summed E-state index contributed by atoms with van der Waals surface area (Å²) in [6, 6.07) is 4.47. The molecule has 0 bridgehead atoms. The first-order chi connectivity index (χ1) is 10.5. The number of halogens is 2. The van der Waals surface area contributed by atoms with Gasteiger partial charge < -0.3 is 4.98 Å². The van der Waals surface area contributed by atoms with Gasteiger partial charge in [-0.25, -0.2) is 9.37 Å². The number of aromatic amines is 2. The molecule has 2 heterocycles. The van der Waals surface area contributed by atoms with Crippen molar-refractivity contribution >= 4 is 22.6 Å². The second kappa shape index (κ2) is 5.53. The Kier molecular flexibility index (Phi) is 3.70. The lowest BCUT2D eigenvalue weighted by Gasteiger charge is -2.06. The standard InChI is InChI=1S/C15H14ClFN4O/c1-7(2)12-13-14(21-20-12)15(22)19-11(18-13)6-8-9(16)4-3-5-10(8)17/h3-5,7H,6H2,1-2H3,(H,20,21)(H,18,19,22). The smallest absolute Gasteiger partial charge is 0.276 e. The monoisotopic (exact) mass is 320 g/mol. The van der Waals surface area contributed by atoms with Crippen molar-refractivity contribution in [2.24, 2.45) is 0 Å². The van der Waals surface area contributed by atoms with Crippen molar-refractivity contribution in [3.8, 4) is 0 Å². The first-order valence-corrected chi connectivity index (χ1v) is 7.25. The topological polar surface area (TPSA) is 74.4 Å². The summed E-state index contributed by atoms with van der Waals surface area (Å²) in [5.41, 5.74) is 1.53. The minimum absolute atomic E-state index is 0.111. The molecule has 0 aliphatic rings. The fraction of sp³-hybridized carbons (Fsp3) is 0.267. The normalized spacial score (nSPS) is 11.5. The van der Waals surface area contributed by atoms with Crippen molar-refractivity contribution in [3.63, 3.8) is 0 Å². The van der Waals surface area contributed by atoms with Gasteiger partial charge in [0.05, 0.1) is 5.69 Å². The quantitative estimate of drug-likeness (QED) is 0.778. The average molecular weight is 321 g/mol. The van der Waals surface area contributed by atoms with Crippen LogP contribution >= 0.6 is 11.6 Å². The molecule has 1 aromatic carbocycles. The number of nitrogens with zero attached hydrogens (tertiary/aromatic N) is 2. The van der Waals surface area contributed by atoms with E-state index >= 15 is 0 Å². The molecule has 0 aliphatic heterocycles. The van der Waals surface area contributed by atoms with Crippen LogP contribution in [0.3, 0.4) is 0 Å².